The fourth-order valence-corrected chi connectivity index (χ4v) is 2.79. The molecule has 4 heteroatoms. The Morgan fingerprint density at radius 3 is 2.43 bits per heavy atom. The summed E-state index contributed by atoms with van der Waals surface area (Å²) in [7, 11) is 1.62. The Balaban J connectivity index is 1.84. The molecule has 2 unspecified atom stereocenters. The van der Waals surface area contributed by atoms with Crippen LogP contribution in [0.2, 0.25) is 0 Å². The Morgan fingerprint density at radius 1 is 1.29 bits per heavy atom. The van der Waals surface area contributed by atoms with Gasteiger partial charge in [-0.2, -0.15) is 0 Å². The zero-order chi connectivity index (χ0) is 15.5. The van der Waals surface area contributed by atoms with Gasteiger partial charge in [-0.05, 0) is 55.9 Å². The summed E-state index contributed by atoms with van der Waals surface area (Å²) in [4.78, 5) is 12.2. The molecule has 1 N–H and O–H groups in total. The van der Waals surface area contributed by atoms with Gasteiger partial charge in [0.25, 0.3) is 5.91 Å². The maximum Gasteiger partial charge on any atom is 0.260 e. The van der Waals surface area contributed by atoms with E-state index in [0.29, 0.717) is 11.2 Å². The number of carbonyl (C=O) groups excluding carboxylic acids is 1. The van der Waals surface area contributed by atoms with E-state index in [-0.39, 0.29) is 11.9 Å². The second-order valence-corrected chi connectivity index (χ2v) is 6.55. The van der Waals surface area contributed by atoms with Gasteiger partial charge in [0.2, 0.25) is 0 Å². The van der Waals surface area contributed by atoms with E-state index in [1.165, 1.54) is 0 Å². The molecular formula is C17H25NO3. The normalized spacial score (nSPS) is 21.6. The van der Waals surface area contributed by atoms with E-state index in [9.17, 15) is 4.79 Å². The third-order valence-corrected chi connectivity index (χ3v) is 4.06. The van der Waals surface area contributed by atoms with E-state index >= 15 is 0 Å². The molecule has 21 heavy (non-hydrogen) atoms. The van der Waals surface area contributed by atoms with Crippen molar-refractivity contribution in [3.8, 4) is 11.5 Å². The molecule has 0 heterocycles. The highest BCUT2D eigenvalue weighted by atomic mass is 16.5. The summed E-state index contributed by atoms with van der Waals surface area (Å²) in [6.07, 6.45) is 2.75. The van der Waals surface area contributed by atoms with E-state index in [2.05, 4.69) is 19.2 Å². The molecule has 0 radical (unpaired) electrons. The predicted octanol–water partition coefficient (Wildman–Crippen LogP) is 3.16. The van der Waals surface area contributed by atoms with Crippen molar-refractivity contribution in [1.82, 2.24) is 5.32 Å². The Bertz CT molecular complexity index is 481. The summed E-state index contributed by atoms with van der Waals surface area (Å²) in [5, 5.41) is 3.09. The van der Waals surface area contributed by atoms with Crippen LogP contribution in [0, 0.1) is 5.41 Å². The van der Waals surface area contributed by atoms with Crippen LogP contribution in [0.3, 0.4) is 0 Å². The molecule has 2 rings (SSSR count). The number of rotatable bonds is 5. The van der Waals surface area contributed by atoms with Gasteiger partial charge < -0.3 is 14.8 Å². The largest absolute Gasteiger partial charge is 0.497 e. The zero-order valence-corrected chi connectivity index (χ0v) is 13.3. The summed E-state index contributed by atoms with van der Waals surface area (Å²) in [5.41, 5.74) is 0.331. The Hall–Kier alpha value is -1.71. The number of benzene rings is 1. The molecule has 0 bridgehead atoms. The summed E-state index contributed by atoms with van der Waals surface area (Å²) in [5.74, 6) is 1.39. The fourth-order valence-electron chi connectivity index (χ4n) is 2.79. The standard InChI is InChI=1S/C17H25NO3/c1-12(21-15-7-5-14(20-4)6-8-15)16(19)18-13-9-10-17(2,3)11-13/h5-8,12-13H,9-11H2,1-4H3,(H,18,19). The van der Waals surface area contributed by atoms with Crippen LogP contribution >= 0.6 is 0 Å². The van der Waals surface area contributed by atoms with E-state index in [1.807, 2.05) is 12.1 Å². The first-order valence-corrected chi connectivity index (χ1v) is 7.51. The molecule has 0 aromatic heterocycles. The minimum absolute atomic E-state index is 0.0477. The van der Waals surface area contributed by atoms with Gasteiger partial charge in [-0.3, -0.25) is 4.79 Å². The van der Waals surface area contributed by atoms with Gasteiger partial charge in [-0.25, -0.2) is 0 Å². The van der Waals surface area contributed by atoms with E-state index in [0.717, 1.165) is 25.0 Å². The number of hydrogen-bond donors (Lipinski definition) is 1. The molecule has 0 aliphatic heterocycles. The Morgan fingerprint density at radius 2 is 1.90 bits per heavy atom. The molecule has 1 aromatic rings. The fraction of sp³-hybridized carbons (Fsp3) is 0.588. The molecular weight excluding hydrogens is 266 g/mol. The van der Waals surface area contributed by atoms with Gasteiger partial charge in [0.05, 0.1) is 7.11 Å². The van der Waals surface area contributed by atoms with E-state index < -0.39 is 6.10 Å². The van der Waals surface area contributed by atoms with Crippen LogP contribution in [0.25, 0.3) is 0 Å². The maximum absolute atomic E-state index is 12.2. The van der Waals surface area contributed by atoms with Gasteiger partial charge in [0.15, 0.2) is 6.10 Å². The van der Waals surface area contributed by atoms with Crippen LogP contribution < -0.4 is 14.8 Å². The summed E-state index contributed by atoms with van der Waals surface area (Å²) in [6, 6.07) is 7.52. The first-order chi connectivity index (χ1) is 9.89. The second kappa shape index (κ2) is 6.37. The number of methoxy groups -OCH3 is 1. The molecule has 1 fully saturated rings. The minimum atomic E-state index is -0.498. The SMILES string of the molecule is COc1ccc(OC(C)C(=O)NC2CCC(C)(C)C2)cc1. The number of amides is 1. The molecule has 2 atom stereocenters. The third-order valence-electron chi connectivity index (χ3n) is 4.06. The van der Waals surface area contributed by atoms with Crippen molar-refractivity contribution in [3.63, 3.8) is 0 Å². The average Bonchev–Trinajstić information content (AvgIpc) is 2.78. The molecule has 0 spiro atoms. The molecule has 1 saturated carbocycles. The van der Waals surface area contributed by atoms with Crippen LogP contribution in [-0.4, -0.2) is 25.2 Å². The lowest BCUT2D eigenvalue weighted by Gasteiger charge is -2.20. The van der Waals surface area contributed by atoms with Crippen molar-refractivity contribution < 1.29 is 14.3 Å². The molecule has 4 nitrogen and oxygen atoms in total. The summed E-state index contributed by atoms with van der Waals surface area (Å²) >= 11 is 0. The van der Waals surface area contributed by atoms with Gasteiger partial charge in [0.1, 0.15) is 11.5 Å². The quantitative estimate of drug-likeness (QED) is 0.906. The minimum Gasteiger partial charge on any atom is -0.497 e. The Labute approximate surface area is 126 Å². The second-order valence-electron chi connectivity index (χ2n) is 6.55. The molecule has 116 valence electrons. The van der Waals surface area contributed by atoms with Crippen LogP contribution in [0.4, 0.5) is 0 Å². The highest BCUT2D eigenvalue weighted by Crippen LogP contribution is 2.36. The van der Waals surface area contributed by atoms with Gasteiger partial charge in [-0.1, -0.05) is 13.8 Å². The molecule has 0 saturated heterocycles. The van der Waals surface area contributed by atoms with Crippen LogP contribution in [0.5, 0.6) is 11.5 Å². The predicted molar refractivity (Wildman–Crippen MR) is 82.6 cm³/mol. The van der Waals surface area contributed by atoms with Crippen LogP contribution in [-0.2, 0) is 4.79 Å². The monoisotopic (exact) mass is 291 g/mol. The number of nitrogens with one attached hydrogen (secondary N) is 1. The molecule has 1 aliphatic carbocycles. The summed E-state index contributed by atoms with van der Waals surface area (Å²) in [6.45, 7) is 6.27. The highest BCUT2D eigenvalue weighted by molar-refractivity contribution is 5.81. The molecule has 1 amide bonds. The lowest BCUT2D eigenvalue weighted by atomic mass is 9.92. The van der Waals surface area contributed by atoms with Gasteiger partial charge in [0, 0.05) is 6.04 Å². The lowest BCUT2D eigenvalue weighted by molar-refractivity contribution is -0.128. The first kappa shape index (κ1) is 15.7. The Kier molecular flexibility index (Phi) is 4.76. The first-order valence-electron chi connectivity index (χ1n) is 7.51. The maximum atomic E-state index is 12.2. The van der Waals surface area contributed by atoms with Crippen molar-refractivity contribution in [3.05, 3.63) is 24.3 Å². The van der Waals surface area contributed by atoms with Crippen LogP contribution in [0.15, 0.2) is 24.3 Å². The van der Waals surface area contributed by atoms with Crippen molar-refractivity contribution in [2.75, 3.05) is 7.11 Å². The van der Waals surface area contributed by atoms with Crippen molar-refractivity contribution in [2.24, 2.45) is 5.41 Å². The number of hydrogen-bond acceptors (Lipinski definition) is 3. The number of ether oxygens (including phenoxy) is 2. The number of carbonyl (C=O) groups is 1. The molecule has 1 aliphatic rings. The third kappa shape index (κ3) is 4.38. The summed E-state index contributed by atoms with van der Waals surface area (Å²) < 4.78 is 10.8. The topological polar surface area (TPSA) is 47.6 Å². The van der Waals surface area contributed by atoms with E-state index in [4.69, 9.17) is 9.47 Å². The smallest absolute Gasteiger partial charge is 0.260 e. The van der Waals surface area contributed by atoms with Crippen molar-refractivity contribution in [1.29, 1.82) is 0 Å². The van der Waals surface area contributed by atoms with E-state index in [1.54, 1.807) is 26.2 Å². The van der Waals surface area contributed by atoms with Crippen molar-refractivity contribution in [2.45, 2.75) is 52.2 Å². The lowest BCUT2D eigenvalue weighted by Crippen LogP contribution is -2.41. The molecule has 1 aromatic carbocycles. The van der Waals surface area contributed by atoms with Gasteiger partial charge in [-0.15, -0.1) is 0 Å². The van der Waals surface area contributed by atoms with Crippen LogP contribution in [0.1, 0.15) is 40.0 Å². The highest BCUT2D eigenvalue weighted by Gasteiger charge is 2.32. The van der Waals surface area contributed by atoms with Crippen molar-refractivity contribution >= 4 is 5.91 Å². The average molecular weight is 291 g/mol. The van der Waals surface area contributed by atoms with Gasteiger partial charge >= 0.3 is 0 Å². The zero-order valence-electron chi connectivity index (χ0n) is 13.3.